The van der Waals surface area contributed by atoms with Crippen molar-refractivity contribution in [2.45, 2.75) is 25.9 Å². The average molecular weight is 475 g/mol. The van der Waals surface area contributed by atoms with Gasteiger partial charge in [-0.05, 0) is 85.1 Å². The molecule has 0 radical (unpaired) electrons. The van der Waals surface area contributed by atoms with E-state index in [1.54, 1.807) is 31.4 Å². The summed E-state index contributed by atoms with van der Waals surface area (Å²) in [6, 6.07) is 17.5. The van der Waals surface area contributed by atoms with Crippen LogP contribution in [0.2, 0.25) is 0 Å². The summed E-state index contributed by atoms with van der Waals surface area (Å²) >= 11 is 0. The molecule has 0 aliphatic carbocycles. The van der Waals surface area contributed by atoms with Crippen molar-refractivity contribution in [2.24, 2.45) is 0 Å². The highest BCUT2D eigenvalue weighted by Gasteiger charge is 2.29. The van der Waals surface area contributed by atoms with Crippen molar-refractivity contribution in [3.05, 3.63) is 89.5 Å². The number of ether oxygens (including phenoxy) is 1. The summed E-state index contributed by atoms with van der Waals surface area (Å²) in [7, 11) is 1.64. The van der Waals surface area contributed by atoms with Crippen LogP contribution in [0.1, 0.15) is 24.1 Å². The molecule has 2 heterocycles. The second-order valence-corrected chi connectivity index (χ2v) is 8.51. The van der Waals surface area contributed by atoms with Gasteiger partial charge in [-0.3, -0.25) is 4.79 Å². The molecule has 1 atom stereocenters. The quantitative estimate of drug-likeness (QED) is 0.406. The number of rotatable bonds is 5. The van der Waals surface area contributed by atoms with E-state index in [4.69, 9.17) is 4.74 Å². The molecule has 1 aliphatic heterocycles. The Labute approximate surface area is 201 Å². The Balaban J connectivity index is 1.46. The standard InChI is InChI=1S/C27H24F2N4O2/c1-17-24-12-11-23(35-2)15-20(24)13-14-32(17)25(34)16-33-27(19-5-9-22(29)10-6-19)30-26(31-33)18-3-7-21(28)8-4-18/h3-12,15,17H,13-14,16H2,1-2H3. The second kappa shape index (κ2) is 9.29. The van der Waals surface area contributed by atoms with Crippen molar-refractivity contribution in [3.63, 3.8) is 0 Å². The van der Waals surface area contributed by atoms with Gasteiger partial charge in [0, 0.05) is 17.7 Å². The minimum Gasteiger partial charge on any atom is -0.497 e. The highest BCUT2D eigenvalue weighted by atomic mass is 19.1. The van der Waals surface area contributed by atoms with Crippen molar-refractivity contribution in [2.75, 3.05) is 13.7 Å². The van der Waals surface area contributed by atoms with E-state index in [-0.39, 0.29) is 30.1 Å². The first kappa shape index (κ1) is 22.7. The number of carbonyl (C=O) groups is 1. The second-order valence-electron chi connectivity index (χ2n) is 8.51. The average Bonchev–Trinajstić information content (AvgIpc) is 3.28. The molecule has 1 unspecified atom stereocenters. The fraction of sp³-hybridized carbons (Fsp3) is 0.222. The monoisotopic (exact) mass is 474 g/mol. The van der Waals surface area contributed by atoms with E-state index < -0.39 is 0 Å². The number of hydrogen-bond acceptors (Lipinski definition) is 4. The van der Waals surface area contributed by atoms with Crippen molar-refractivity contribution in [1.29, 1.82) is 0 Å². The zero-order valence-corrected chi connectivity index (χ0v) is 19.4. The van der Waals surface area contributed by atoms with Crippen LogP contribution < -0.4 is 4.74 Å². The number of carbonyl (C=O) groups excluding carboxylic acids is 1. The molecule has 6 nitrogen and oxygen atoms in total. The number of hydrogen-bond donors (Lipinski definition) is 0. The van der Waals surface area contributed by atoms with Gasteiger partial charge in [-0.1, -0.05) is 6.07 Å². The van der Waals surface area contributed by atoms with Crippen molar-refractivity contribution < 1.29 is 18.3 Å². The topological polar surface area (TPSA) is 60.2 Å². The Morgan fingerprint density at radius 3 is 2.31 bits per heavy atom. The lowest BCUT2D eigenvalue weighted by atomic mass is 9.93. The van der Waals surface area contributed by atoms with E-state index in [0.717, 1.165) is 17.7 Å². The van der Waals surface area contributed by atoms with Crippen LogP contribution in [0.4, 0.5) is 8.78 Å². The minimum atomic E-state index is -0.368. The Morgan fingerprint density at radius 2 is 1.66 bits per heavy atom. The lowest BCUT2D eigenvalue weighted by Gasteiger charge is -2.35. The number of fused-ring (bicyclic) bond motifs is 1. The van der Waals surface area contributed by atoms with E-state index in [1.807, 2.05) is 30.0 Å². The predicted octanol–water partition coefficient (Wildman–Crippen LogP) is 5.04. The Morgan fingerprint density at radius 1 is 1.00 bits per heavy atom. The number of aromatic nitrogens is 3. The highest BCUT2D eigenvalue weighted by molar-refractivity contribution is 5.78. The minimum absolute atomic E-state index is 0.0310. The van der Waals surface area contributed by atoms with Crippen LogP contribution in [0.5, 0.6) is 5.75 Å². The zero-order chi connectivity index (χ0) is 24.5. The number of benzene rings is 3. The SMILES string of the molecule is COc1ccc2c(c1)CCN(C(=O)Cn1nc(-c3ccc(F)cc3)nc1-c1ccc(F)cc1)C2C. The van der Waals surface area contributed by atoms with Gasteiger partial charge in [0.15, 0.2) is 11.6 Å². The molecule has 4 aromatic rings. The van der Waals surface area contributed by atoms with Gasteiger partial charge in [0.1, 0.15) is 23.9 Å². The molecule has 1 aromatic heterocycles. The molecule has 8 heteroatoms. The number of halogens is 2. The molecule has 35 heavy (non-hydrogen) atoms. The van der Waals surface area contributed by atoms with Gasteiger partial charge in [-0.15, -0.1) is 5.10 Å². The maximum Gasteiger partial charge on any atom is 0.244 e. The molecular formula is C27H24F2N4O2. The summed E-state index contributed by atoms with van der Waals surface area (Å²) in [4.78, 5) is 19.9. The number of methoxy groups -OCH3 is 1. The number of amides is 1. The summed E-state index contributed by atoms with van der Waals surface area (Å²) in [6.45, 7) is 2.55. The van der Waals surface area contributed by atoms with Gasteiger partial charge in [0.2, 0.25) is 5.91 Å². The smallest absolute Gasteiger partial charge is 0.244 e. The Hall–Kier alpha value is -4.07. The molecule has 1 amide bonds. The summed E-state index contributed by atoms with van der Waals surface area (Å²) in [6.07, 6.45) is 0.728. The lowest BCUT2D eigenvalue weighted by molar-refractivity contribution is -0.134. The molecule has 5 rings (SSSR count). The third kappa shape index (κ3) is 4.51. The van der Waals surface area contributed by atoms with Gasteiger partial charge < -0.3 is 9.64 Å². The maximum absolute atomic E-state index is 13.5. The molecule has 0 saturated carbocycles. The van der Waals surface area contributed by atoms with Crippen molar-refractivity contribution in [3.8, 4) is 28.5 Å². The third-order valence-corrected chi connectivity index (χ3v) is 6.37. The van der Waals surface area contributed by atoms with Crippen LogP contribution >= 0.6 is 0 Å². The third-order valence-electron chi connectivity index (χ3n) is 6.37. The molecule has 3 aromatic carbocycles. The molecule has 1 aliphatic rings. The molecule has 0 fully saturated rings. The van der Waals surface area contributed by atoms with Crippen LogP contribution in [-0.2, 0) is 17.8 Å². The van der Waals surface area contributed by atoms with E-state index >= 15 is 0 Å². The van der Waals surface area contributed by atoms with Crippen LogP contribution in [0.3, 0.4) is 0 Å². The lowest BCUT2D eigenvalue weighted by Crippen LogP contribution is -2.40. The summed E-state index contributed by atoms with van der Waals surface area (Å²) in [5.74, 6) is 0.772. The van der Waals surface area contributed by atoms with Crippen LogP contribution in [0.15, 0.2) is 66.7 Å². The van der Waals surface area contributed by atoms with E-state index in [2.05, 4.69) is 10.1 Å². The summed E-state index contributed by atoms with van der Waals surface area (Å²) < 4.78 is 33.8. The first-order valence-electron chi connectivity index (χ1n) is 11.4. The molecular weight excluding hydrogens is 450 g/mol. The van der Waals surface area contributed by atoms with E-state index in [9.17, 15) is 13.6 Å². The first-order chi connectivity index (χ1) is 16.9. The molecule has 0 bridgehead atoms. The van der Waals surface area contributed by atoms with Crippen LogP contribution in [0, 0.1) is 11.6 Å². The van der Waals surface area contributed by atoms with Gasteiger partial charge in [-0.2, -0.15) is 0 Å². The maximum atomic E-state index is 13.5. The van der Waals surface area contributed by atoms with Crippen LogP contribution in [0.25, 0.3) is 22.8 Å². The fourth-order valence-electron chi connectivity index (χ4n) is 4.48. The number of nitrogens with zero attached hydrogens (tertiary/aromatic N) is 4. The predicted molar refractivity (Wildman–Crippen MR) is 128 cm³/mol. The van der Waals surface area contributed by atoms with E-state index in [0.29, 0.717) is 29.3 Å². The molecule has 0 N–H and O–H groups in total. The molecule has 0 saturated heterocycles. The summed E-state index contributed by atoms with van der Waals surface area (Å²) in [5, 5.41) is 4.56. The van der Waals surface area contributed by atoms with Crippen molar-refractivity contribution in [1.82, 2.24) is 19.7 Å². The first-order valence-corrected chi connectivity index (χ1v) is 11.4. The summed E-state index contributed by atoms with van der Waals surface area (Å²) in [5.41, 5.74) is 3.52. The van der Waals surface area contributed by atoms with Gasteiger partial charge >= 0.3 is 0 Å². The normalized spacial score (nSPS) is 15.1. The largest absolute Gasteiger partial charge is 0.497 e. The van der Waals surface area contributed by atoms with Gasteiger partial charge in [-0.25, -0.2) is 18.4 Å². The highest BCUT2D eigenvalue weighted by Crippen LogP contribution is 2.32. The Bertz CT molecular complexity index is 1370. The molecule has 178 valence electrons. The Kier molecular flexibility index (Phi) is 6.03. The van der Waals surface area contributed by atoms with Crippen molar-refractivity contribution >= 4 is 5.91 Å². The fourth-order valence-corrected chi connectivity index (χ4v) is 4.48. The van der Waals surface area contributed by atoms with Crippen LogP contribution in [-0.4, -0.2) is 39.2 Å². The van der Waals surface area contributed by atoms with E-state index in [1.165, 1.54) is 34.5 Å². The zero-order valence-electron chi connectivity index (χ0n) is 19.4. The van der Waals surface area contributed by atoms with Gasteiger partial charge in [0.25, 0.3) is 0 Å². The van der Waals surface area contributed by atoms with Gasteiger partial charge in [0.05, 0.1) is 13.2 Å². The molecule has 0 spiro atoms.